The highest BCUT2D eigenvalue weighted by Gasteiger charge is 2.31. The number of hydrogen-bond donors (Lipinski definition) is 10. The van der Waals surface area contributed by atoms with Crippen LogP contribution in [0.15, 0.2) is 17.5 Å². The van der Waals surface area contributed by atoms with Gasteiger partial charge in [0, 0.05) is 37.7 Å². The van der Waals surface area contributed by atoms with Gasteiger partial charge >= 0.3 is 17.9 Å². The van der Waals surface area contributed by atoms with E-state index < -0.39 is 79.1 Å². The zero-order valence-electron chi connectivity index (χ0n) is 21.5. The quantitative estimate of drug-likeness (QED) is 0.0441. The van der Waals surface area contributed by atoms with E-state index in [9.17, 15) is 33.9 Å². The summed E-state index contributed by atoms with van der Waals surface area (Å²) in [5.41, 5.74) is 16.8. The number of hydrogen-bond acceptors (Lipinski definition) is 9. The van der Waals surface area contributed by atoms with Crippen molar-refractivity contribution in [1.82, 2.24) is 25.9 Å². The van der Waals surface area contributed by atoms with Crippen molar-refractivity contribution in [3.8, 4) is 0 Å². The summed E-state index contributed by atoms with van der Waals surface area (Å²) in [6, 6.07) is -5.52. The lowest BCUT2D eigenvalue weighted by Crippen LogP contribution is -2.57. The minimum Gasteiger partial charge on any atom is -0.481 e. The van der Waals surface area contributed by atoms with Crippen molar-refractivity contribution in [3.63, 3.8) is 0 Å². The van der Waals surface area contributed by atoms with Gasteiger partial charge in [-0.2, -0.15) is 0 Å². The fourth-order valence-electron chi connectivity index (χ4n) is 3.38. The summed E-state index contributed by atoms with van der Waals surface area (Å²) in [7, 11) is 0. The average molecular weight is 570 g/mol. The Labute approximate surface area is 228 Å². The summed E-state index contributed by atoms with van der Waals surface area (Å²) < 4.78 is 0. The Hall–Kier alpha value is -4.74. The number of aliphatic carboxylic acids is 3. The number of H-pyrrole nitrogens is 1. The van der Waals surface area contributed by atoms with Crippen LogP contribution in [0.25, 0.3) is 0 Å². The minimum absolute atomic E-state index is 0.0303. The number of imidazole rings is 1. The monoisotopic (exact) mass is 569 g/mol. The number of aromatic nitrogens is 2. The van der Waals surface area contributed by atoms with E-state index in [1.807, 2.05) is 0 Å². The molecule has 0 saturated heterocycles. The molecule has 0 spiro atoms. The summed E-state index contributed by atoms with van der Waals surface area (Å²) in [6.45, 7) is 0.0919. The molecule has 222 valence electrons. The Morgan fingerprint density at radius 2 is 1.38 bits per heavy atom. The smallest absolute Gasteiger partial charge is 0.326 e. The summed E-state index contributed by atoms with van der Waals surface area (Å²) in [5, 5.41) is 34.5. The Kier molecular flexibility index (Phi) is 14.1. The highest BCUT2D eigenvalue weighted by molar-refractivity contribution is 5.94. The second kappa shape index (κ2) is 17.0. The number of carbonyl (C=O) groups is 6. The van der Waals surface area contributed by atoms with E-state index in [1.54, 1.807) is 0 Å². The second-order valence-electron chi connectivity index (χ2n) is 8.72. The lowest BCUT2D eigenvalue weighted by Gasteiger charge is -2.25. The third kappa shape index (κ3) is 13.2. The van der Waals surface area contributed by atoms with Crippen LogP contribution in [0.1, 0.15) is 44.2 Å². The molecule has 4 unspecified atom stereocenters. The van der Waals surface area contributed by atoms with Crippen LogP contribution in [0, 0.1) is 0 Å². The fourth-order valence-corrected chi connectivity index (χ4v) is 3.38. The van der Waals surface area contributed by atoms with Gasteiger partial charge in [-0.25, -0.2) is 9.78 Å². The Morgan fingerprint density at radius 1 is 0.850 bits per heavy atom. The maximum atomic E-state index is 13.0. The van der Waals surface area contributed by atoms with Gasteiger partial charge in [-0.3, -0.25) is 29.0 Å². The second-order valence-corrected chi connectivity index (χ2v) is 8.72. The molecule has 18 nitrogen and oxygen atoms in total. The maximum Gasteiger partial charge on any atom is 0.326 e. The predicted octanol–water partition coefficient (Wildman–Crippen LogP) is -3.40. The molecule has 0 radical (unpaired) electrons. The molecule has 3 amide bonds. The predicted molar refractivity (Wildman–Crippen MR) is 137 cm³/mol. The summed E-state index contributed by atoms with van der Waals surface area (Å²) in [5.74, 6) is -6.92. The number of aliphatic imine (C=N–C) groups is 1. The van der Waals surface area contributed by atoms with Crippen LogP contribution in [0.5, 0.6) is 0 Å². The molecule has 18 heteroatoms. The van der Waals surface area contributed by atoms with E-state index in [-0.39, 0.29) is 38.2 Å². The van der Waals surface area contributed by atoms with Crippen LogP contribution in [0.3, 0.4) is 0 Å². The molecule has 1 rings (SSSR count). The van der Waals surface area contributed by atoms with Crippen LogP contribution >= 0.6 is 0 Å². The van der Waals surface area contributed by atoms with Crippen molar-refractivity contribution in [2.75, 3.05) is 6.54 Å². The van der Waals surface area contributed by atoms with Gasteiger partial charge < -0.3 is 53.5 Å². The van der Waals surface area contributed by atoms with Gasteiger partial charge in [-0.15, -0.1) is 0 Å². The van der Waals surface area contributed by atoms with E-state index in [4.69, 9.17) is 27.4 Å². The number of nitrogens with one attached hydrogen (secondary N) is 4. The third-order valence-electron chi connectivity index (χ3n) is 5.45. The SMILES string of the molecule is NC(N)=NCCCC(NC(=O)C(CCC(=O)O)NC(=O)C(CCC(=O)O)NC(=O)C(N)Cc1cnc[nH]1)C(=O)O. The van der Waals surface area contributed by atoms with Crippen LogP contribution in [-0.4, -0.2) is 97.6 Å². The van der Waals surface area contributed by atoms with E-state index in [0.717, 1.165) is 0 Å². The van der Waals surface area contributed by atoms with Crippen molar-refractivity contribution < 1.29 is 44.1 Å². The van der Waals surface area contributed by atoms with Crippen LogP contribution < -0.4 is 33.2 Å². The summed E-state index contributed by atoms with van der Waals surface area (Å²) >= 11 is 0. The van der Waals surface area contributed by atoms with Gasteiger partial charge in [0.05, 0.1) is 12.4 Å². The molecule has 0 bridgehead atoms. The van der Waals surface area contributed by atoms with Gasteiger partial charge in [0.1, 0.15) is 18.1 Å². The number of amides is 3. The number of nitrogens with two attached hydrogens (primary N) is 3. The normalized spacial score (nSPS) is 13.6. The molecule has 0 aromatic carbocycles. The van der Waals surface area contributed by atoms with E-state index in [2.05, 4.69) is 30.9 Å². The molecule has 0 aliphatic carbocycles. The van der Waals surface area contributed by atoms with Crippen molar-refractivity contribution in [2.24, 2.45) is 22.2 Å². The molecular weight excluding hydrogens is 534 g/mol. The highest BCUT2D eigenvalue weighted by atomic mass is 16.4. The largest absolute Gasteiger partial charge is 0.481 e. The molecule has 0 aliphatic heterocycles. The van der Waals surface area contributed by atoms with Gasteiger partial charge in [0.2, 0.25) is 17.7 Å². The Bertz CT molecular complexity index is 1060. The molecule has 40 heavy (non-hydrogen) atoms. The number of guanidine groups is 1. The first-order chi connectivity index (χ1) is 18.8. The molecule has 1 aromatic rings. The van der Waals surface area contributed by atoms with E-state index >= 15 is 0 Å². The fraction of sp³-hybridized carbons (Fsp3) is 0.545. The zero-order valence-corrected chi connectivity index (χ0v) is 21.5. The zero-order chi connectivity index (χ0) is 30.2. The third-order valence-corrected chi connectivity index (χ3v) is 5.45. The molecule has 0 aliphatic rings. The molecule has 13 N–H and O–H groups in total. The summed E-state index contributed by atoms with van der Waals surface area (Å²) in [6.07, 6.45) is 1.06. The molecule has 4 atom stereocenters. The number of carbonyl (C=O) groups excluding carboxylic acids is 3. The Balaban J connectivity index is 2.99. The molecule has 1 heterocycles. The standard InChI is InChI=1S/C22H35N9O9/c23-12(8-11-9-26-10-28-11)18(36)29-13(3-5-16(32)33)19(37)30-14(4-6-17(34)35)20(38)31-15(21(39)40)2-1-7-27-22(24)25/h9-10,12-15H,1-8,23H2,(H,26,28)(H,29,36)(H,30,37)(H,31,38)(H,32,33)(H,34,35)(H,39,40)(H4,24,25,27). The number of rotatable bonds is 19. The summed E-state index contributed by atoms with van der Waals surface area (Å²) in [4.78, 5) is 82.7. The first-order valence-electron chi connectivity index (χ1n) is 12.2. The Morgan fingerprint density at radius 3 is 1.82 bits per heavy atom. The van der Waals surface area contributed by atoms with Crippen LogP contribution in [0.4, 0.5) is 0 Å². The van der Waals surface area contributed by atoms with E-state index in [0.29, 0.717) is 5.69 Å². The minimum atomic E-state index is -1.52. The van der Waals surface area contributed by atoms with Crippen LogP contribution in [-0.2, 0) is 35.2 Å². The highest BCUT2D eigenvalue weighted by Crippen LogP contribution is 2.06. The van der Waals surface area contributed by atoms with Crippen molar-refractivity contribution >= 4 is 41.6 Å². The van der Waals surface area contributed by atoms with Crippen LogP contribution in [0.2, 0.25) is 0 Å². The van der Waals surface area contributed by atoms with Crippen molar-refractivity contribution in [3.05, 3.63) is 18.2 Å². The topological polar surface area (TPSA) is 318 Å². The lowest BCUT2D eigenvalue weighted by atomic mass is 10.1. The van der Waals surface area contributed by atoms with Gasteiger partial charge in [-0.05, 0) is 25.7 Å². The number of nitrogens with zero attached hydrogens (tertiary/aromatic N) is 2. The number of carboxylic acid groups (broad SMARTS) is 3. The molecular formula is C22H35N9O9. The number of carboxylic acids is 3. The lowest BCUT2D eigenvalue weighted by molar-refractivity contribution is -0.143. The van der Waals surface area contributed by atoms with Crippen molar-refractivity contribution in [2.45, 2.75) is 69.1 Å². The van der Waals surface area contributed by atoms with E-state index in [1.165, 1.54) is 12.5 Å². The van der Waals surface area contributed by atoms with Gasteiger partial charge in [0.15, 0.2) is 5.96 Å². The molecule has 1 aromatic heterocycles. The van der Waals surface area contributed by atoms with Gasteiger partial charge in [0.25, 0.3) is 0 Å². The first kappa shape index (κ1) is 33.3. The van der Waals surface area contributed by atoms with Gasteiger partial charge in [-0.1, -0.05) is 0 Å². The number of aromatic amines is 1. The maximum absolute atomic E-state index is 13.0. The first-order valence-corrected chi connectivity index (χ1v) is 12.2. The molecule has 0 saturated carbocycles. The molecule has 0 fully saturated rings. The van der Waals surface area contributed by atoms with Crippen molar-refractivity contribution in [1.29, 1.82) is 0 Å². The average Bonchev–Trinajstić information content (AvgIpc) is 3.38.